The van der Waals surface area contributed by atoms with Gasteiger partial charge in [-0.1, -0.05) is 18.5 Å². The number of benzene rings is 1. The minimum Gasteiger partial charge on any atom is -0.493 e. The second-order valence-electron chi connectivity index (χ2n) is 6.66. The first-order chi connectivity index (χ1) is 12.0. The van der Waals surface area contributed by atoms with Crippen LogP contribution in [0.25, 0.3) is 0 Å². The number of amides is 1. The fourth-order valence-electron chi connectivity index (χ4n) is 3.63. The highest BCUT2D eigenvalue weighted by atomic mass is 35.5. The molecule has 3 rings (SSSR count). The van der Waals surface area contributed by atoms with Crippen LogP contribution in [0, 0.1) is 11.3 Å². The van der Waals surface area contributed by atoms with Gasteiger partial charge in [0, 0.05) is 30.6 Å². The number of halogens is 1. The van der Waals surface area contributed by atoms with Crippen LogP contribution < -0.4 is 4.74 Å². The van der Waals surface area contributed by atoms with E-state index in [0.717, 1.165) is 6.42 Å². The van der Waals surface area contributed by atoms with Crippen LogP contribution in [0.2, 0.25) is 5.02 Å². The number of fused-ring (bicyclic) bond motifs is 1. The average molecular weight is 368 g/mol. The molecule has 0 unspecified atom stereocenters. The highest BCUT2D eigenvalue weighted by molar-refractivity contribution is 6.31. The number of rotatable bonds is 5. The molecule has 1 aromatic carbocycles. The van der Waals surface area contributed by atoms with Crippen molar-refractivity contribution in [1.29, 1.82) is 0 Å². The smallest absolute Gasteiger partial charge is 0.311 e. The maximum Gasteiger partial charge on any atom is 0.311 e. The zero-order chi connectivity index (χ0) is 18.0. The van der Waals surface area contributed by atoms with Crippen LogP contribution in [0.4, 0.5) is 0 Å². The molecule has 0 radical (unpaired) electrons. The van der Waals surface area contributed by atoms with Crippen molar-refractivity contribution < 1.29 is 24.2 Å². The lowest BCUT2D eigenvalue weighted by Crippen LogP contribution is -2.45. The van der Waals surface area contributed by atoms with Gasteiger partial charge in [0.05, 0.1) is 24.2 Å². The van der Waals surface area contributed by atoms with Crippen LogP contribution in [0.5, 0.6) is 5.75 Å². The van der Waals surface area contributed by atoms with Crippen molar-refractivity contribution in [1.82, 2.24) is 4.90 Å². The lowest BCUT2D eigenvalue weighted by atomic mass is 9.74. The van der Waals surface area contributed by atoms with Gasteiger partial charge in [-0.15, -0.1) is 0 Å². The third-order valence-corrected chi connectivity index (χ3v) is 5.29. The fraction of sp³-hybridized carbons (Fsp3) is 0.556. The van der Waals surface area contributed by atoms with Gasteiger partial charge < -0.3 is 19.5 Å². The largest absolute Gasteiger partial charge is 0.493 e. The van der Waals surface area contributed by atoms with Crippen molar-refractivity contribution in [2.24, 2.45) is 11.3 Å². The Bertz CT molecular complexity index is 679. The minimum atomic E-state index is -0.920. The molecule has 0 aliphatic carbocycles. The molecule has 2 atom stereocenters. The summed E-state index contributed by atoms with van der Waals surface area (Å²) in [7, 11) is 0. The third kappa shape index (κ3) is 3.33. The monoisotopic (exact) mass is 367 g/mol. The van der Waals surface area contributed by atoms with Crippen LogP contribution in [0.3, 0.4) is 0 Å². The van der Waals surface area contributed by atoms with Gasteiger partial charge in [-0.3, -0.25) is 9.59 Å². The maximum atomic E-state index is 13.0. The SMILES string of the molecule is CCCOc1ccc(Cl)cc1C(=O)N1C[C@H]2COCC[C@@]2(C(=O)O)C1. The molecule has 0 bridgehead atoms. The molecule has 25 heavy (non-hydrogen) atoms. The first-order valence-electron chi connectivity index (χ1n) is 8.50. The van der Waals surface area contributed by atoms with Gasteiger partial charge in [0.15, 0.2) is 0 Å². The molecular formula is C18H22ClNO5. The molecule has 0 aromatic heterocycles. The standard InChI is InChI=1S/C18H22ClNO5/c1-2-6-25-15-4-3-13(19)8-14(15)16(21)20-9-12-10-24-7-5-18(12,11-20)17(22)23/h3-4,8,12H,2,5-7,9-11H2,1H3,(H,22,23)/t12-,18+/m0/s1. The Kier molecular flexibility index (Phi) is 5.20. The van der Waals surface area contributed by atoms with Crippen LogP contribution in [-0.2, 0) is 9.53 Å². The van der Waals surface area contributed by atoms with Gasteiger partial charge in [-0.2, -0.15) is 0 Å². The number of hydrogen-bond donors (Lipinski definition) is 1. The van der Waals surface area contributed by atoms with Gasteiger partial charge in [0.2, 0.25) is 0 Å². The Labute approximate surface area is 151 Å². The average Bonchev–Trinajstić information content (AvgIpc) is 3.01. The van der Waals surface area contributed by atoms with E-state index in [1.807, 2.05) is 6.92 Å². The van der Waals surface area contributed by atoms with Crippen LogP contribution in [0.15, 0.2) is 18.2 Å². The van der Waals surface area contributed by atoms with Crippen molar-refractivity contribution in [3.05, 3.63) is 28.8 Å². The Morgan fingerprint density at radius 2 is 2.28 bits per heavy atom. The number of ether oxygens (including phenoxy) is 2. The first kappa shape index (κ1) is 18.0. The number of carbonyl (C=O) groups is 2. The van der Waals surface area contributed by atoms with Crippen molar-refractivity contribution in [3.8, 4) is 5.75 Å². The van der Waals surface area contributed by atoms with Crippen LogP contribution in [0.1, 0.15) is 30.1 Å². The Morgan fingerprint density at radius 3 is 2.96 bits per heavy atom. The lowest BCUT2D eigenvalue weighted by Gasteiger charge is -2.33. The molecule has 7 heteroatoms. The summed E-state index contributed by atoms with van der Waals surface area (Å²) in [6.07, 6.45) is 1.24. The Balaban J connectivity index is 1.87. The number of nitrogens with zero attached hydrogens (tertiary/aromatic N) is 1. The molecule has 2 fully saturated rings. The number of carbonyl (C=O) groups excluding carboxylic acids is 1. The molecule has 0 spiro atoms. The van der Waals surface area contributed by atoms with E-state index in [-0.39, 0.29) is 18.4 Å². The van der Waals surface area contributed by atoms with Crippen molar-refractivity contribution in [2.45, 2.75) is 19.8 Å². The second kappa shape index (κ2) is 7.22. The van der Waals surface area contributed by atoms with E-state index in [0.29, 0.717) is 49.1 Å². The molecule has 2 aliphatic rings. The number of aliphatic carboxylic acids is 1. The second-order valence-corrected chi connectivity index (χ2v) is 7.09. The lowest BCUT2D eigenvalue weighted by molar-refractivity contribution is -0.157. The molecule has 136 valence electrons. The summed E-state index contributed by atoms with van der Waals surface area (Å²) in [5.74, 6) is -0.818. The Hall–Kier alpha value is -1.79. The van der Waals surface area contributed by atoms with Crippen molar-refractivity contribution >= 4 is 23.5 Å². The van der Waals surface area contributed by atoms with Gasteiger partial charge in [-0.25, -0.2) is 0 Å². The third-order valence-electron chi connectivity index (χ3n) is 5.05. The molecule has 2 heterocycles. The van der Waals surface area contributed by atoms with Crippen LogP contribution in [-0.4, -0.2) is 54.8 Å². The molecule has 2 aliphatic heterocycles. The summed E-state index contributed by atoms with van der Waals surface area (Å²) in [6.45, 7) is 3.81. The normalized spacial score (nSPS) is 25.5. The predicted molar refractivity (Wildman–Crippen MR) is 92.1 cm³/mol. The quantitative estimate of drug-likeness (QED) is 0.865. The molecule has 1 amide bonds. The van der Waals surface area contributed by atoms with Crippen molar-refractivity contribution in [2.75, 3.05) is 32.9 Å². The zero-order valence-electron chi connectivity index (χ0n) is 14.2. The van der Waals surface area contributed by atoms with Gasteiger partial charge >= 0.3 is 5.97 Å². The summed E-state index contributed by atoms with van der Waals surface area (Å²) in [4.78, 5) is 26.5. The molecule has 2 saturated heterocycles. The number of carboxylic acid groups (broad SMARTS) is 1. The zero-order valence-corrected chi connectivity index (χ0v) is 14.9. The number of likely N-dealkylation sites (tertiary alicyclic amines) is 1. The van der Waals surface area contributed by atoms with E-state index in [4.69, 9.17) is 21.1 Å². The molecule has 1 aromatic rings. The molecular weight excluding hydrogens is 346 g/mol. The summed E-state index contributed by atoms with van der Waals surface area (Å²) in [5, 5.41) is 10.2. The highest BCUT2D eigenvalue weighted by Gasteiger charge is 2.55. The molecule has 6 nitrogen and oxygen atoms in total. The van der Waals surface area contributed by atoms with Gasteiger partial charge in [0.25, 0.3) is 5.91 Å². The van der Waals surface area contributed by atoms with E-state index >= 15 is 0 Å². The van der Waals surface area contributed by atoms with Crippen molar-refractivity contribution in [3.63, 3.8) is 0 Å². The summed E-state index contributed by atoms with van der Waals surface area (Å²) < 4.78 is 11.1. The van der Waals surface area contributed by atoms with E-state index < -0.39 is 11.4 Å². The summed E-state index contributed by atoms with van der Waals surface area (Å²) >= 11 is 6.06. The Morgan fingerprint density at radius 1 is 1.48 bits per heavy atom. The fourth-order valence-corrected chi connectivity index (χ4v) is 3.80. The van der Waals surface area contributed by atoms with E-state index in [2.05, 4.69) is 0 Å². The summed E-state index contributed by atoms with van der Waals surface area (Å²) in [5.41, 5.74) is -0.544. The predicted octanol–water partition coefficient (Wildman–Crippen LogP) is 2.69. The topological polar surface area (TPSA) is 76.1 Å². The first-order valence-corrected chi connectivity index (χ1v) is 8.88. The molecule has 1 N–H and O–H groups in total. The summed E-state index contributed by atoms with van der Waals surface area (Å²) in [6, 6.07) is 4.95. The minimum absolute atomic E-state index is 0.189. The van der Waals surface area contributed by atoms with E-state index in [9.17, 15) is 14.7 Å². The highest BCUT2D eigenvalue weighted by Crippen LogP contribution is 2.43. The number of carboxylic acids is 1. The van der Waals surface area contributed by atoms with Crippen LogP contribution >= 0.6 is 11.6 Å². The number of hydrogen-bond acceptors (Lipinski definition) is 4. The van der Waals surface area contributed by atoms with E-state index in [1.165, 1.54) is 0 Å². The van der Waals surface area contributed by atoms with Gasteiger partial charge in [0.1, 0.15) is 5.75 Å². The van der Waals surface area contributed by atoms with Gasteiger partial charge in [-0.05, 0) is 31.0 Å². The maximum absolute atomic E-state index is 13.0. The molecule has 0 saturated carbocycles. The van der Waals surface area contributed by atoms with E-state index in [1.54, 1.807) is 23.1 Å².